The molecular formula is C26H30ClN5O4S. The Morgan fingerprint density at radius 2 is 1.78 bits per heavy atom. The number of hydrogen-bond donors (Lipinski definition) is 2. The molecule has 1 heterocycles. The molecule has 0 bridgehead atoms. The van der Waals surface area contributed by atoms with Crippen molar-refractivity contribution in [3.8, 4) is 0 Å². The van der Waals surface area contributed by atoms with Crippen molar-refractivity contribution in [2.45, 2.75) is 45.0 Å². The van der Waals surface area contributed by atoms with E-state index in [2.05, 4.69) is 20.8 Å². The number of ether oxygens (including phenoxy) is 1. The number of nitrogens with zero attached hydrogens (tertiary/aromatic N) is 3. The van der Waals surface area contributed by atoms with Gasteiger partial charge in [0.05, 0.1) is 34.0 Å². The fourth-order valence-corrected chi connectivity index (χ4v) is 4.39. The summed E-state index contributed by atoms with van der Waals surface area (Å²) in [6.45, 7) is 7.48. The van der Waals surface area contributed by atoms with Crippen LogP contribution in [0.2, 0.25) is 5.02 Å². The molecule has 2 aromatic carbocycles. The highest BCUT2D eigenvalue weighted by molar-refractivity contribution is 7.99. The lowest BCUT2D eigenvalue weighted by atomic mass is 10.0. The molecule has 0 aliphatic carbocycles. The molecule has 9 nitrogen and oxygen atoms in total. The minimum Gasteiger partial charge on any atom is -0.459 e. The van der Waals surface area contributed by atoms with Gasteiger partial charge in [0.2, 0.25) is 5.91 Å². The summed E-state index contributed by atoms with van der Waals surface area (Å²) in [6.07, 6.45) is -0.238. The molecular weight excluding hydrogens is 514 g/mol. The molecule has 37 heavy (non-hydrogen) atoms. The molecule has 1 atom stereocenters. The van der Waals surface area contributed by atoms with E-state index >= 15 is 0 Å². The fraction of sp³-hybridized carbons (Fsp3) is 0.346. The van der Waals surface area contributed by atoms with Crippen molar-refractivity contribution in [1.82, 2.24) is 20.1 Å². The van der Waals surface area contributed by atoms with Crippen LogP contribution >= 0.6 is 23.4 Å². The Morgan fingerprint density at radius 3 is 2.46 bits per heavy atom. The van der Waals surface area contributed by atoms with Gasteiger partial charge < -0.3 is 19.9 Å². The molecule has 0 aliphatic rings. The zero-order valence-electron chi connectivity index (χ0n) is 21.3. The van der Waals surface area contributed by atoms with Gasteiger partial charge in [0.1, 0.15) is 0 Å². The van der Waals surface area contributed by atoms with Crippen molar-refractivity contribution in [2.24, 2.45) is 13.0 Å². The maximum atomic E-state index is 12.8. The van der Waals surface area contributed by atoms with E-state index in [1.807, 2.05) is 13.8 Å². The van der Waals surface area contributed by atoms with E-state index in [-0.39, 0.29) is 29.6 Å². The maximum Gasteiger partial charge on any atom is 0.338 e. The molecule has 2 amide bonds. The molecule has 0 saturated carbocycles. The van der Waals surface area contributed by atoms with Gasteiger partial charge in [0.15, 0.2) is 11.0 Å². The quantitative estimate of drug-likeness (QED) is 0.276. The van der Waals surface area contributed by atoms with Gasteiger partial charge >= 0.3 is 5.97 Å². The van der Waals surface area contributed by atoms with Crippen LogP contribution < -0.4 is 10.6 Å². The van der Waals surface area contributed by atoms with Crippen LogP contribution in [0.25, 0.3) is 0 Å². The average Bonchev–Trinajstić information content (AvgIpc) is 3.20. The molecule has 196 valence electrons. The first-order valence-electron chi connectivity index (χ1n) is 11.7. The second kappa shape index (κ2) is 12.7. The number of nitrogens with one attached hydrogen (secondary N) is 2. The number of halogens is 1. The highest BCUT2D eigenvalue weighted by Crippen LogP contribution is 2.25. The van der Waals surface area contributed by atoms with Gasteiger partial charge in [-0.1, -0.05) is 55.4 Å². The van der Waals surface area contributed by atoms with Crippen molar-refractivity contribution < 1.29 is 19.1 Å². The first-order valence-corrected chi connectivity index (χ1v) is 13.1. The zero-order chi connectivity index (χ0) is 27.1. The smallest absolute Gasteiger partial charge is 0.338 e. The number of anilines is 1. The number of esters is 1. The number of benzene rings is 2. The Hall–Kier alpha value is -3.37. The monoisotopic (exact) mass is 543 g/mol. The highest BCUT2D eigenvalue weighted by Gasteiger charge is 2.26. The largest absolute Gasteiger partial charge is 0.459 e. The van der Waals surface area contributed by atoms with Crippen LogP contribution in [0, 0.1) is 5.92 Å². The number of carbonyl (C=O) groups excluding carboxylic acids is 3. The summed E-state index contributed by atoms with van der Waals surface area (Å²) in [5.74, 6) is -0.365. The van der Waals surface area contributed by atoms with Crippen molar-refractivity contribution in [1.29, 1.82) is 0 Å². The Kier molecular flexibility index (Phi) is 9.71. The maximum absolute atomic E-state index is 12.8. The standard InChI is InChI=1S/C26H30ClN5O4S/c1-15(2)22(29-24(34)19-11-6-7-12-20(19)27)23-30-31-26(32(23)5)37-14-21(33)28-18-10-8-9-17(13-18)25(35)36-16(3)4/h6-13,15-16,22H,14H2,1-5H3,(H,28,33)(H,29,34)/t22-/m0/s1. The third-order valence-corrected chi connectivity index (χ3v) is 6.63. The van der Waals surface area contributed by atoms with E-state index in [4.69, 9.17) is 16.3 Å². The van der Waals surface area contributed by atoms with Crippen LogP contribution in [0.15, 0.2) is 53.7 Å². The normalized spacial score (nSPS) is 11.9. The van der Waals surface area contributed by atoms with Gasteiger partial charge in [-0.2, -0.15) is 0 Å². The number of amides is 2. The van der Waals surface area contributed by atoms with E-state index in [1.165, 1.54) is 11.8 Å². The van der Waals surface area contributed by atoms with Crippen molar-refractivity contribution in [3.63, 3.8) is 0 Å². The summed E-state index contributed by atoms with van der Waals surface area (Å²) in [4.78, 5) is 37.5. The van der Waals surface area contributed by atoms with Crippen molar-refractivity contribution in [3.05, 3.63) is 70.5 Å². The Balaban J connectivity index is 1.64. The van der Waals surface area contributed by atoms with Crippen LogP contribution in [0.4, 0.5) is 5.69 Å². The third-order valence-electron chi connectivity index (χ3n) is 5.28. The molecule has 1 aromatic heterocycles. The zero-order valence-corrected chi connectivity index (χ0v) is 22.9. The molecule has 2 N–H and O–H groups in total. The Morgan fingerprint density at radius 1 is 1.05 bits per heavy atom. The SMILES string of the molecule is CC(C)OC(=O)c1cccc(NC(=O)CSc2nnc([C@@H](NC(=O)c3ccccc3Cl)C(C)C)n2C)c1. The van der Waals surface area contributed by atoms with Crippen LogP contribution in [0.5, 0.6) is 0 Å². The molecule has 0 fully saturated rings. The summed E-state index contributed by atoms with van der Waals surface area (Å²) in [5.41, 5.74) is 1.23. The summed E-state index contributed by atoms with van der Waals surface area (Å²) in [6, 6.07) is 13.0. The first kappa shape index (κ1) is 28.2. The third kappa shape index (κ3) is 7.56. The highest BCUT2D eigenvalue weighted by atomic mass is 35.5. The lowest BCUT2D eigenvalue weighted by molar-refractivity contribution is -0.113. The summed E-state index contributed by atoms with van der Waals surface area (Å²) in [7, 11) is 1.79. The van der Waals surface area contributed by atoms with Crippen molar-refractivity contribution in [2.75, 3.05) is 11.1 Å². The molecule has 0 radical (unpaired) electrons. The lowest BCUT2D eigenvalue weighted by Gasteiger charge is -2.22. The Labute approximate surface area is 225 Å². The van der Waals surface area contributed by atoms with Crippen LogP contribution in [0.1, 0.15) is 60.3 Å². The minimum atomic E-state index is -0.451. The number of aromatic nitrogens is 3. The Bertz CT molecular complexity index is 1280. The fourth-order valence-electron chi connectivity index (χ4n) is 3.45. The van der Waals surface area contributed by atoms with Crippen molar-refractivity contribution >= 4 is 46.8 Å². The van der Waals surface area contributed by atoms with E-state index in [9.17, 15) is 14.4 Å². The van der Waals surface area contributed by atoms with Gasteiger partial charge in [0, 0.05) is 12.7 Å². The summed E-state index contributed by atoms with van der Waals surface area (Å²) in [5, 5.41) is 15.2. The number of hydrogen-bond acceptors (Lipinski definition) is 7. The molecule has 0 aliphatic heterocycles. The second-order valence-corrected chi connectivity index (χ2v) is 10.3. The van der Waals surface area contributed by atoms with Gasteiger partial charge in [-0.3, -0.25) is 9.59 Å². The van der Waals surface area contributed by atoms with E-state index in [1.54, 1.807) is 74.0 Å². The average molecular weight is 544 g/mol. The lowest BCUT2D eigenvalue weighted by Crippen LogP contribution is -2.33. The molecule has 0 unspecified atom stereocenters. The number of thioether (sulfide) groups is 1. The second-order valence-electron chi connectivity index (χ2n) is 8.95. The molecule has 3 aromatic rings. The topological polar surface area (TPSA) is 115 Å². The van der Waals surface area contributed by atoms with E-state index in [0.29, 0.717) is 32.8 Å². The van der Waals surface area contributed by atoms with E-state index < -0.39 is 12.0 Å². The minimum absolute atomic E-state index is 0.0187. The van der Waals surface area contributed by atoms with Gasteiger partial charge in [-0.25, -0.2) is 4.79 Å². The van der Waals surface area contributed by atoms with Crippen LogP contribution in [0.3, 0.4) is 0 Å². The van der Waals surface area contributed by atoms with E-state index in [0.717, 1.165) is 0 Å². The predicted octanol–water partition coefficient (Wildman–Crippen LogP) is 4.89. The van der Waals surface area contributed by atoms with Gasteiger partial charge in [-0.15, -0.1) is 10.2 Å². The summed E-state index contributed by atoms with van der Waals surface area (Å²) >= 11 is 7.39. The van der Waals surface area contributed by atoms with Crippen LogP contribution in [-0.4, -0.2) is 44.4 Å². The molecule has 0 saturated heterocycles. The predicted molar refractivity (Wildman–Crippen MR) is 144 cm³/mol. The van der Waals surface area contributed by atoms with Crippen LogP contribution in [-0.2, 0) is 16.6 Å². The molecule has 0 spiro atoms. The number of carbonyl (C=O) groups is 3. The van der Waals surface area contributed by atoms with Gasteiger partial charge in [-0.05, 0) is 50.1 Å². The first-order chi connectivity index (χ1) is 17.6. The molecule has 11 heteroatoms. The number of rotatable bonds is 10. The summed E-state index contributed by atoms with van der Waals surface area (Å²) < 4.78 is 6.96. The molecule has 3 rings (SSSR count). The van der Waals surface area contributed by atoms with Gasteiger partial charge in [0.25, 0.3) is 5.91 Å².